The van der Waals surface area contributed by atoms with E-state index in [2.05, 4.69) is 4.72 Å². The average molecular weight is 273 g/mol. The van der Waals surface area contributed by atoms with Crippen LogP contribution in [0.5, 0.6) is 5.75 Å². The van der Waals surface area contributed by atoms with E-state index in [1.165, 1.54) is 19.2 Å². The molecule has 0 spiro atoms. The maximum Gasteiger partial charge on any atom is 0.244 e. The van der Waals surface area contributed by atoms with Gasteiger partial charge in [-0.1, -0.05) is 19.4 Å². The number of methoxy groups -OCH3 is 1. The lowest BCUT2D eigenvalue weighted by Crippen LogP contribution is -2.25. The molecular weight excluding hydrogens is 254 g/mol. The van der Waals surface area contributed by atoms with Crippen LogP contribution in [0, 0.1) is 0 Å². The summed E-state index contributed by atoms with van der Waals surface area (Å²) in [5.74, 6) is 0.241. The van der Waals surface area contributed by atoms with Crippen LogP contribution in [0.25, 0.3) is 0 Å². The van der Waals surface area contributed by atoms with Crippen LogP contribution in [0.3, 0.4) is 0 Å². The lowest BCUT2D eigenvalue weighted by atomic mass is 10.2. The summed E-state index contributed by atoms with van der Waals surface area (Å²) in [6, 6.07) is 4.53. The SMILES string of the molecule is CCCCNS(=O)(=O)c1ccc(CO)cc1OC. The van der Waals surface area contributed by atoms with E-state index in [0.717, 1.165) is 12.8 Å². The number of aliphatic hydroxyl groups is 1. The van der Waals surface area contributed by atoms with Crippen molar-refractivity contribution in [3.8, 4) is 5.75 Å². The fourth-order valence-corrected chi connectivity index (χ4v) is 2.72. The number of nitrogens with one attached hydrogen (secondary N) is 1. The minimum absolute atomic E-state index is 0.0957. The lowest BCUT2D eigenvalue weighted by molar-refractivity contribution is 0.280. The minimum Gasteiger partial charge on any atom is -0.495 e. The number of sulfonamides is 1. The first-order valence-electron chi connectivity index (χ1n) is 5.82. The second-order valence-corrected chi connectivity index (χ2v) is 5.63. The molecule has 0 aliphatic carbocycles. The maximum absolute atomic E-state index is 12.0. The Morgan fingerprint density at radius 1 is 1.39 bits per heavy atom. The molecule has 0 radical (unpaired) electrons. The Labute approximate surface area is 108 Å². The Bertz CT molecular complexity index is 485. The quantitative estimate of drug-likeness (QED) is 0.733. The van der Waals surface area contributed by atoms with Crippen molar-refractivity contribution in [2.75, 3.05) is 13.7 Å². The average Bonchev–Trinajstić information content (AvgIpc) is 2.38. The number of hydrogen-bond donors (Lipinski definition) is 2. The summed E-state index contributed by atoms with van der Waals surface area (Å²) >= 11 is 0. The molecule has 0 bridgehead atoms. The van der Waals surface area contributed by atoms with Gasteiger partial charge in [0.05, 0.1) is 13.7 Å². The van der Waals surface area contributed by atoms with E-state index in [1.807, 2.05) is 6.92 Å². The van der Waals surface area contributed by atoms with Gasteiger partial charge >= 0.3 is 0 Å². The van der Waals surface area contributed by atoms with Gasteiger partial charge in [0, 0.05) is 6.54 Å². The second-order valence-electron chi connectivity index (χ2n) is 3.89. The fraction of sp³-hybridized carbons (Fsp3) is 0.500. The van der Waals surface area contributed by atoms with Gasteiger partial charge in [0.15, 0.2) is 0 Å². The zero-order valence-corrected chi connectivity index (χ0v) is 11.5. The molecule has 5 nitrogen and oxygen atoms in total. The number of rotatable bonds is 7. The first-order valence-corrected chi connectivity index (χ1v) is 7.31. The van der Waals surface area contributed by atoms with Gasteiger partial charge in [-0.15, -0.1) is 0 Å². The number of ether oxygens (including phenoxy) is 1. The zero-order chi connectivity index (χ0) is 13.6. The van der Waals surface area contributed by atoms with Crippen molar-refractivity contribution in [1.29, 1.82) is 0 Å². The summed E-state index contributed by atoms with van der Waals surface area (Å²) in [7, 11) is -2.15. The van der Waals surface area contributed by atoms with Gasteiger partial charge in [-0.2, -0.15) is 0 Å². The van der Waals surface area contributed by atoms with Crippen molar-refractivity contribution in [3.05, 3.63) is 23.8 Å². The topological polar surface area (TPSA) is 75.6 Å². The van der Waals surface area contributed by atoms with Gasteiger partial charge < -0.3 is 9.84 Å². The van der Waals surface area contributed by atoms with Crippen LogP contribution in [-0.2, 0) is 16.6 Å². The summed E-state index contributed by atoms with van der Waals surface area (Å²) < 4.78 is 31.6. The van der Waals surface area contributed by atoms with Crippen molar-refractivity contribution >= 4 is 10.0 Å². The van der Waals surface area contributed by atoms with Crippen LogP contribution in [0.4, 0.5) is 0 Å². The van der Waals surface area contributed by atoms with E-state index in [1.54, 1.807) is 6.07 Å². The molecule has 0 amide bonds. The highest BCUT2D eigenvalue weighted by Crippen LogP contribution is 2.24. The Hall–Kier alpha value is -1.11. The third kappa shape index (κ3) is 3.69. The number of unbranched alkanes of at least 4 members (excludes halogenated alkanes) is 1. The molecule has 0 fully saturated rings. The van der Waals surface area contributed by atoms with E-state index in [-0.39, 0.29) is 17.3 Å². The minimum atomic E-state index is -3.56. The summed E-state index contributed by atoms with van der Waals surface area (Å²) in [5, 5.41) is 9.00. The van der Waals surface area contributed by atoms with E-state index in [9.17, 15) is 8.42 Å². The fourth-order valence-electron chi connectivity index (χ4n) is 1.49. The van der Waals surface area contributed by atoms with Crippen LogP contribution in [0.1, 0.15) is 25.3 Å². The van der Waals surface area contributed by atoms with Crippen LogP contribution >= 0.6 is 0 Å². The molecule has 1 rings (SSSR count). The maximum atomic E-state index is 12.0. The smallest absolute Gasteiger partial charge is 0.244 e. The molecule has 1 aromatic carbocycles. The van der Waals surface area contributed by atoms with Gasteiger partial charge in [-0.3, -0.25) is 0 Å². The Morgan fingerprint density at radius 2 is 2.11 bits per heavy atom. The van der Waals surface area contributed by atoms with Gasteiger partial charge in [0.2, 0.25) is 10.0 Å². The van der Waals surface area contributed by atoms with Crippen molar-refractivity contribution in [3.63, 3.8) is 0 Å². The highest BCUT2D eigenvalue weighted by atomic mass is 32.2. The molecule has 102 valence electrons. The standard InChI is InChI=1S/C12H19NO4S/c1-3-4-7-13-18(15,16)12-6-5-10(9-14)8-11(12)17-2/h5-6,8,13-14H,3-4,7,9H2,1-2H3. The monoisotopic (exact) mass is 273 g/mol. The van der Waals surface area contributed by atoms with Gasteiger partial charge in [0.1, 0.15) is 10.6 Å². The summed E-state index contributed by atoms with van der Waals surface area (Å²) in [6.45, 7) is 2.24. The van der Waals surface area contributed by atoms with E-state index < -0.39 is 10.0 Å². The Morgan fingerprint density at radius 3 is 2.67 bits per heavy atom. The van der Waals surface area contributed by atoms with Crippen LogP contribution in [0.2, 0.25) is 0 Å². The van der Waals surface area contributed by atoms with Crippen LogP contribution in [-0.4, -0.2) is 27.2 Å². The third-order valence-electron chi connectivity index (χ3n) is 2.52. The summed E-state index contributed by atoms with van der Waals surface area (Å²) in [4.78, 5) is 0.0957. The van der Waals surface area contributed by atoms with E-state index in [0.29, 0.717) is 12.1 Å². The molecule has 0 aromatic heterocycles. The molecule has 6 heteroatoms. The molecule has 0 aliphatic rings. The molecule has 18 heavy (non-hydrogen) atoms. The van der Waals surface area contributed by atoms with Crippen molar-refractivity contribution < 1.29 is 18.3 Å². The molecule has 0 atom stereocenters. The predicted molar refractivity (Wildman–Crippen MR) is 69.0 cm³/mol. The number of aliphatic hydroxyl groups excluding tert-OH is 1. The first-order chi connectivity index (χ1) is 8.55. The lowest BCUT2D eigenvalue weighted by Gasteiger charge is -2.11. The largest absolute Gasteiger partial charge is 0.495 e. The highest BCUT2D eigenvalue weighted by Gasteiger charge is 2.18. The van der Waals surface area contributed by atoms with Crippen LogP contribution in [0.15, 0.2) is 23.1 Å². The number of hydrogen-bond acceptors (Lipinski definition) is 4. The van der Waals surface area contributed by atoms with Gasteiger partial charge in [-0.05, 0) is 24.1 Å². The summed E-state index contributed by atoms with van der Waals surface area (Å²) in [5.41, 5.74) is 0.611. The molecular formula is C12H19NO4S. The highest BCUT2D eigenvalue weighted by molar-refractivity contribution is 7.89. The van der Waals surface area contributed by atoms with Crippen molar-refractivity contribution in [2.24, 2.45) is 0 Å². The second kappa shape index (κ2) is 6.72. The number of benzene rings is 1. The summed E-state index contributed by atoms with van der Waals surface area (Å²) in [6.07, 6.45) is 1.71. The van der Waals surface area contributed by atoms with Crippen molar-refractivity contribution in [2.45, 2.75) is 31.3 Å². The van der Waals surface area contributed by atoms with Crippen LogP contribution < -0.4 is 9.46 Å². The van der Waals surface area contributed by atoms with E-state index in [4.69, 9.17) is 9.84 Å². The molecule has 0 heterocycles. The first kappa shape index (κ1) is 14.9. The molecule has 0 saturated carbocycles. The predicted octanol–water partition coefficient (Wildman–Crippen LogP) is 1.27. The molecule has 1 aromatic rings. The third-order valence-corrected chi connectivity index (χ3v) is 4.02. The molecule has 2 N–H and O–H groups in total. The molecule has 0 aliphatic heterocycles. The van der Waals surface area contributed by atoms with Crippen molar-refractivity contribution in [1.82, 2.24) is 4.72 Å². The van der Waals surface area contributed by atoms with Gasteiger partial charge in [0.25, 0.3) is 0 Å². The Balaban J connectivity index is 3.00. The van der Waals surface area contributed by atoms with Gasteiger partial charge in [-0.25, -0.2) is 13.1 Å². The zero-order valence-electron chi connectivity index (χ0n) is 10.6. The normalized spacial score (nSPS) is 11.5. The Kier molecular flexibility index (Phi) is 5.58. The van der Waals surface area contributed by atoms with E-state index >= 15 is 0 Å². The molecule has 0 unspecified atom stereocenters. The molecule has 0 saturated heterocycles.